The van der Waals surface area contributed by atoms with Gasteiger partial charge in [-0.2, -0.15) is 0 Å². The summed E-state index contributed by atoms with van der Waals surface area (Å²) in [4.78, 5) is 14.3. The Balaban J connectivity index is 1.83. The number of hydrogen-bond donors (Lipinski definition) is 1. The molecule has 0 atom stereocenters. The van der Waals surface area contributed by atoms with Crippen LogP contribution in [0, 0.1) is 0 Å². The van der Waals surface area contributed by atoms with Gasteiger partial charge in [0.25, 0.3) is 10.0 Å². The van der Waals surface area contributed by atoms with E-state index in [0.717, 1.165) is 36.1 Å². The number of anilines is 2. The number of nitrogens with zero attached hydrogens (tertiary/aromatic N) is 1. The predicted molar refractivity (Wildman–Crippen MR) is 109 cm³/mol. The van der Waals surface area contributed by atoms with Gasteiger partial charge in [-0.25, -0.2) is 8.42 Å². The third-order valence-corrected chi connectivity index (χ3v) is 6.31. The Labute approximate surface area is 161 Å². The zero-order chi connectivity index (χ0) is 19.4. The molecule has 0 bridgehead atoms. The van der Waals surface area contributed by atoms with Crippen molar-refractivity contribution in [1.29, 1.82) is 0 Å². The van der Waals surface area contributed by atoms with Crippen molar-refractivity contribution in [3.05, 3.63) is 53.6 Å². The van der Waals surface area contributed by atoms with Crippen molar-refractivity contribution in [3.8, 4) is 0 Å². The summed E-state index contributed by atoms with van der Waals surface area (Å²) in [5, 5.41) is 0. The molecule has 1 amide bonds. The maximum Gasteiger partial charge on any atom is 0.261 e. The molecule has 0 radical (unpaired) electrons. The van der Waals surface area contributed by atoms with Gasteiger partial charge in [0.15, 0.2) is 0 Å². The zero-order valence-electron chi connectivity index (χ0n) is 15.9. The number of carbonyl (C=O) groups excluding carboxylic acids is 1. The van der Waals surface area contributed by atoms with Crippen LogP contribution in [0.2, 0.25) is 0 Å². The Morgan fingerprint density at radius 1 is 1.04 bits per heavy atom. The molecule has 0 spiro atoms. The van der Waals surface area contributed by atoms with Gasteiger partial charge in [-0.3, -0.25) is 9.52 Å². The minimum Gasteiger partial charge on any atom is -0.312 e. The zero-order valence-corrected chi connectivity index (χ0v) is 16.7. The van der Waals surface area contributed by atoms with Crippen LogP contribution < -0.4 is 9.62 Å². The summed E-state index contributed by atoms with van der Waals surface area (Å²) in [6.07, 6.45) is 3.94. The second kappa shape index (κ2) is 8.13. The number of hydrogen-bond acceptors (Lipinski definition) is 3. The summed E-state index contributed by atoms with van der Waals surface area (Å²) in [6, 6.07) is 12.3. The second-order valence-corrected chi connectivity index (χ2v) is 8.53. The first-order valence-corrected chi connectivity index (χ1v) is 11.0. The van der Waals surface area contributed by atoms with Crippen LogP contribution in [0.3, 0.4) is 0 Å². The van der Waals surface area contributed by atoms with Crippen molar-refractivity contribution in [2.45, 2.75) is 50.8 Å². The average Bonchev–Trinajstić information content (AvgIpc) is 2.67. The predicted octanol–water partition coefficient (Wildman–Crippen LogP) is 4.13. The third kappa shape index (κ3) is 4.33. The summed E-state index contributed by atoms with van der Waals surface area (Å²) >= 11 is 0. The van der Waals surface area contributed by atoms with Crippen molar-refractivity contribution in [2.24, 2.45) is 0 Å². The largest absolute Gasteiger partial charge is 0.312 e. The molecular weight excluding hydrogens is 360 g/mol. The standard InChI is InChI=1S/C21H26N2O3S/c1-3-5-14-23-20-12-9-18(15-17(20)8-13-21(23)24)22-27(25,26)19-10-6-16(4-2)7-11-19/h6-7,9-12,15,22H,3-5,8,13-14H2,1-2H3. The highest BCUT2D eigenvalue weighted by atomic mass is 32.2. The van der Waals surface area contributed by atoms with Gasteiger partial charge in [0.05, 0.1) is 4.90 Å². The monoisotopic (exact) mass is 386 g/mol. The van der Waals surface area contributed by atoms with Crippen molar-refractivity contribution in [1.82, 2.24) is 0 Å². The van der Waals surface area contributed by atoms with Crippen LogP contribution in [-0.4, -0.2) is 20.9 Å². The smallest absolute Gasteiger partial charge is 0.261 e. The molecule has 0 aromatic heterocycles. The number of sulfonamides is 1. The van der Waals surface area contributed by atoms with E-state index in [2.05, 4.69) is 11.6 Å². The molecule has 2 aromatic carbocycles. The van der Waals surface area contributed by atoms with E-state index >= 15 is 0 Å². The van der Waals surface area contributed by atoms with Gasteiger partial charge in [-0.1, -0.05) is 32.4 Å². The molecule has 0 aliphatic carbocycles. The molecule has 0 saturated carbocycles. The number of amides is 1. The van der Waals surface area contributed by atoms with E-state index < -0.39 is 10.0 Å². The fourth-order valence-electron chi connectivity index (χ4n) is 3.30. The average molecular weight is 387 g/mol. The Morgan fingerprint density at radius 3 is 2.44 bits per heavy atom. The number of carbonyl (C=O) groups is 1. The molecule has 0 fully saturated rings. The summed E-state index contributed by atoms with van der Waals surface area (Å²) in [6.45, 7) is 4.83. The van der Waals surface area contributed by atoms with E-state index in [1.54, 1.807) is 18.2 Å². The maximum atomic E-state index is 12.7. The van der Waals surface area contributed by atoms with Crippen LogP contribution in [0.4, 0.5) is 11.4 Å². The fourth-order valence-corrected chi connectivity index (χ4v) is 4.35. The van der Waals surface area contributed by atoms with E-state index in [1.165, 1.54) is 0 Å². The second-order valence-electron chi connectivity index (χ2n) is 6.85. The molecule has 1 aliphatic rings. The Kier molecular flexibility index (Phi) is 5.85. The van der Waals surface area contributed by atoms with Gasteiger partial charge >= 0.3 is 0 Å². The highest BCUT2D eigenvalue weighted by Crippen LogP contribution is 2.31. The highest BCUT2D eigenvalue weighted by Gasteiger charge is 2.24. The minimum absolute atomic E-state index is 0.139. The summed E-state index contributed by atoms with van der Waals surface area (Å²) in [7, 11) is -3.63. The van der Waals surface area contributed by atoms with Gasteiger partial charge in [0.2, 0.25) is 5.91 Å². The number of fused-ring (bicyclic) bond motifs is 1. The van der Waals surface area contributed by atoms with Gasteiger partial charge in [0, 0.05) is 24.3 Å². The van der Waals surface area contributed by atoms with E-state index in [9.17, 15) is 13.2 Å². The minimum atomic E-state index is -3.63. The Hall–Kier alpha value is -2.34. The molecule has 27 heavy (non-hydrogen) atoms. The number of benzene rings is 2. The van der Waals surface area contributed by atoms with E-state index in [0.29, 0.717) is 25.1 Å². The molecule has 2 aromatic rings. The van der Waals surface area contributed by atoms with Crippen molar-refractivity contribution >= 4 is 27.3 Å². The molecule has 1 aliphatic heterocycles. The lowest BCUT2D eigenvalue weighted by Crippen LogP contribution is -2.35. The summed E-state index contributed by atoms with van der Waals surface area (Å²) < 4.78 is 28.0. The molecule has 6 heteroatoms. The SMILES string of the molecule is CCCCN1C(=O)CCc2cc(NS(=O)(=O)c3ccc(CC)cc3)ccc21. The van der Waals surface area contributed by atoms with Crippen molar-refractivity contribution in [3.63, 3.8) is 0 Å². The topological polar surface area (TPSA) is 66.5 Å². The van der Waals surface area contributed by atoms with E-state index in [4.69, 9.17) is 0 Å². The lowest BCUT2D eigenvalue weighted by Gasteiger charge is -2.29. The van der Waals surface area contributed by atoms with Crippen LogP contribution >= 0.6 is 0 Å². The first kappa shape index (κ1) is 19.4. The number of rotatable bonds is 7. The van der Waals surface area contributed by atoms with Crippen molar-refractivity contribution < 1.29 is 13.2 Å². The molecular formula is C21H26N2O3S. The molecule has 5 nitrogen and oxygen atoms in total. The van der Waals surface area contributed by atoms with Gasteiger partial charge in [-0.15, -0.1) is 0 Å². The molecule has 1 heterocycles. The molecule has 1 N–H and O–H groups in total. The number of unbranched alkanes of at least 4 members (excludes halogenated alkanes) is 1. The molecule has 0 unspecified atom stereocenters. The Morgan fingerprint density at radius 2 is 1.78 bits per heavy atom. The van der Waals surface area contributed by atoms with Crippen molar-refractivity contribution in [2.75, 3.05) is 16.2 Å². The number of nitrogens with one attached hydrogen (secondary N) is 1. The van der Waals surface area contributed by atoms with Gasteiger partial charge in [0.1, 0.15) is 0 Å². The van der Waals surface area contributed by atoms with Crippen LogP contribution in [-0.2, 0) is 27.7 Å². The fraction of sp³-hybridized carbons (Fsp3) is 0.381. The van der Waals surface area contributed by atoms with Gasteiger partial charge < -0.3 is 4.90 Å². The highest BCUT2D eigenvalue weighted by molar-refractivity contribution is 7.92. The first-order chi connectivity index (χ1) is 12.9. The van der Waals surface area contributed by atoms with Crippen LogP contribution in [0.1, 0.15) is 44.2 Å². The maximum absolute atomic E-state index is 12.7. The lowest BCUT2D eigenvalue weighted by molar-refractivity contribution is -0.118. The van der Waals surface area contributed by atoms with Crippen LogP contribution in [0.15, 0.2) is 47.4 Å². The Bertz CT molecular complexity index is 921. The van der Waals surface area contributed by atoms with Gasteiger partial charge in [-0.05, 0) is 60.7 Å². The third-order valence-electron chi connectivity index (χ3n) is 4.91. The summed E-state index contributed by atoms with van der Waals surface area (Å²) in [5.74, 6) is 0.139. The van der Waals surface area contributed by atoms with E-state index in [1.807, 2.05) is 36.1 Å². The molecule has 3 rings (SSSR count). The first-order valence-electron chi connectivity index (χ1n) is 9.49. The molecule has 144 valence electrons. The van der Waals surface area contributed by atoms with Crippen LogP contribution in [0.5, 0.6) is 0 Å². The number of aryl methyl sites for hydroxylation is 2. The molecule has 0 saturated heterocycles. The lowest BCUT2D eigenvalue weighted by atomic mass is 10.00. The van der Waals surface area contributed by atoms with Crippen LogP contribution in [0.25, 0.3) is 0 Å². The van der Waals surface area contributed by atoms with E-state index in [-0.39, 0.29) is 10.8 Å². The normalized spacial score (nSPS) is 14.1. The quantitative estimate of drug-likeness (QED) is 0.778. The summed E-state index contributed by atoms with van der Waals surface area (Å²) in [5.41, 5.74) is 3.53.